The molecule has 0 bridgehead atoms. The Morgan fingerprint density at radius 1 is 0.920 bits per heavy atom. The molecule has 0 aliphatic rings. The normalized spacial score (nSPS) is 10.8. The average Bonchev–Trinajstić information content (AvgIpc) is 2.64. The van der Waals surface area contributed by atoms with Crippen LogP contribution in [0, 0.1) is 0 Å². The van der Waals surface area contributed by atoms with Crippen LogP contribution in [-0.4, -0.2) is 23.5 Å². The van der Waals surface area contributed by atoms with Crippen LogP contribution in [0.3, 0.4) is 0 Å². The fraction of sp³-hybridized carbons (Fsp3) is 0.227. The van der Waals surface area contributed by atoms with E-state index < -0.39 is 0 Å². The van der Waals surface area contributed by atoms with Crippen molar-refractivity contribution in [3.05, 3.63) is 78.4 Å². The van der Waals surface area contributed by atoms with Crippen LogP contribution in [0.15, 0.2) is 72.8 Å². The van der Waals surface area contributed by atoms with Gasteiger partial charge in [0.1, 0.15) is 5.75 Å². The van der Waals surface area contributed by atoms with Gasteiger partial charge in [-0.1, -0.05) is 60.7 Å². The molecule has 128 valence electrons. The molecule has 0 aromatic heterocycles. The number of nitrogens with zero attached hydrogens (tertiary/aromatic N) is 1. The summed E-state index contributed by atoms with van der Waals surface area (Å²) in [5.74, 6) is 0.711. The van der Waals surface area contributed by atoms with E-state index in [0.29, 0.717) is 6.54 Å². The van der Waals surface area contributed by atoms with Gasteiger partial charge in [-0.25, -0.2) is 0 Å². The summed E-state index contributed by atoms with van der Waals surface area (Å²) in [6, 6.07) is 24.2. The molecule has 3 aromatic rings. The number of hydrogen-bond donors (Lipinski definition) is 0. The van der Waals surface area contributed by atoms with Crippen LogP contribution in [0.25, 0.3) is 10.8 Å². The van der Waals surface area contributed by atoms with Crippen LogP contribution in [0.2, 0.25) is 0 Å². The first kappa shape index (κ1) is 17.0. The number of carbonyl (C=O) groups excluding carboxylic acids is 1. The van der Waals surface area contributed by atoms with E-state index in [1.807, 2.05) is 85.5 Å². The first-order chi connectivity index (χ1) is 12.1. The molecule has 3 aromatic carbocycles. The Morgan fingerprint density at radius 3 is 2.32 bits per heavy atom. The molecule has 0 heterocycles. The Kier molecular flexibility index (Phi) is 5.34. The van der Waals surface area contributed by atoms with Gasteiger partial charge in [-0.2, -0.15) is 0 Å². The van der Waals surface area contributed by atoms with E-state index in [-0.39, 0.29) is 18.6 Å². The minimum Gasteiger partial charge on any atom is -0.484 e. The molecule has 0 aliphatic carbocycles. The summed E-state index contributed by atoms with van der Waals surface area (Å²) >= 11 is 0. The van der Waals surface area contributed by atoms with Crippen LogP contribution in [-0.2, 0) is 11.3 Å². The molecule has 3 heteroatoms. The summed E-state index contributed by atoms with van der Waals surface area (Å²) in [6.45, 7) is 4.69. The second-order valence-electron chi connectivity index (χ2n) is 6.40. The molecule has 0 atom stereocenters. The van der Waals surface area contributed by atoms with E-state index in [2.05, 4.69) is 6.07 Å². The van der Waals surface area contributed by atoms with E-state index in [0.717, 1.165) is 22.1 Å². The molecule has 0 fully saturated rings. The SMILES string of the molecule is CC(C)N(Cc1ccccc1)C(=O)COc1ccc2ccccc2c1. The molecular weight excluding hydrogens is 310 g/mol. The molecule has 0 saturated carbocycles. The van der Waals surface area contributed by atoms with Gasteiger partial charge < -0.3 is 9.64 Å². The second-order valence-corrected chi connectivity index (χ2v) is 6.40. The molecular formula is C22H23NO2. The van der Waals surface area contributed by atoms with Gasteiger partial charge in [-0.05, 0) is 42.3 Å². The number of rotatable bonds is 6. The zero-order valence-corrected chi connectivity index (χ0v) is 14.7. The highest BCUT2D eigenvalue weighted by Crippen LogP contribution is 2.20. The molecule has 0 saturated heterocycles. The van der Waals surface area contributed by atoms with Crippen molar-refractivity contribution < 1.29 is 9.53 Å². The summed E-state index contributed by atoms with van der Waals surface area (Å²) in [4.78, 5) is 14.5. The number of fused-ring (bicyclic) bond motifs is 1. The Bertz CT molecular complexity index is 843. The number of benzene rings is 3. The second kappa shape index (κ2) is 7.84. The standard InChI is InChI=1S/C22H23NO2/c1-17(2)23(15-18-8-4-3-5-9-18)22(24)16-25-21-13-12-19-10-6-7-11-20(19)14-21/h3-14,17H,15-16H2,1-2H3. The van der Waals surface area contributed by atoms with E-state index in [4.69, 9.17) is 4.74 Å². The van der Waals surface area contributed by atoms with E-state index >= 15 is 0 Å². The molecule has 0 spiro atoms. The van der Waals surface area contributed by atoms with Crippen LogP contribution in [0.5, 0.6) is 5.75 Å². The van der Waals surface area contributed by atoms with Gasteiger partial charge in [-0.3, -0.25) is 4.79 Å². The van der Waals surface area contributed by atoms with Gasteiger partial charge in [0, 0.05) is 12.6 Å². The molecule has 1 amide bonds. The van der Waals surface area contributed by atoms with Gasteiger partial charge in [-0.15, -0.1) is 0 Å². The molecule has 0 radical (unpaired) electrons. The van der Waals surface area contributed by atoms with Crippen molar-refractivity contribution in [3.8, 4) is 5.75 Å². The van der Waals surface area contributed by atoms with Crippen LogP contribution in [0.4, 0.5) is 0 Å². The van der Waals surface area contributed by atoms with Crippen molar-refractivity contribution in [2.75, 3.05) is 6.61 Å². The summed E-state index contributed by atoms with van der Waals surface area (Å²) in [6.07, 6.45) is 0. The van der Waals surface area contributed by atoms with Crippen molar-refractivity contribution >= 4 is 16.7 Å². The largest absolute Gasteiger partial charge is 0.484 e. The molecule has 0 aliphatic heterocycles. The Hall–Kier alpha value is -2.81. The van der Waals surface area contributed by atoms with Crippen LogP contribution < -0.4 is 4.74 Å². The highest BCUT2D eigenvalue weighted by molar-refractivity contribution is 5.84. The quantitative estimate of drug-likeness (QED) is 0.657. The van der Waals surface area contributed by atoms with E-state index in [9.17, 15) is 4.79 Å². The maximum atomic E-state index is 12.6. The minimum atomic E-state index is -0.00740. The summed E-state index contributed by atoms with van der Waals surface area (Å²) in [7, 11) is 0. The van der Waals surface area contributed by atoms with Gasteiger partial charge in [0.2, 0.25) is 0 Å². The van der Waals surface area contributed by atoms with Crippen LogP contribution in [0.1, 0.15) is 19.4 Å². The predicted octanol–water partition coefficient (Wildman–Crippen LogP) is 4.66. The van der Waals surface area contributed by atoms with E-state index in [1.165, 1.54) is 0 Å². The van der Waals surface area contributed by atoms with Gasteiger partial charge in [0.05, 0.1) is 0 Å². The number of hydrogen-bond acceptors (Lipinski definition) is 2. The summed E-state index contributed by atoms with van der Waals surface area (Å²) in [5.41, 5.74) is 1.12. The van der Waals surface area contributed by atoms with Gasteiger partial charge in [0.15, 0.2) is 6.61 Å². The van der Waals surface area contributed by atoms with Crippen LogP contribution >= 0.6 is 0 Å². The van der Waals surface area contributed by atoms with Gasteiger partial charge >= 0.3 is 0 Å². The predicted molar refractivity (Wildman–Crippen MR) is 102 cm³/mol. The maximum absolute atomic E-state index is 12.6. The third kappa shape index (κ3) is 4.38. The first-order valence-electron chi connectivity index (χ1n) is 8.58. The highest BCUT2D eigenvalue weighted by Gasteiger charge is 2.18. The van der Waals surface area contributed by atoms with E-state index in [1.54, 1.807) is 0 Å². The lowest BCUT2D eigenvalue weighted by molar-refractivity contribution is -0.135. The van der Waals surface area contributed by atoms with Crippen molar-refractivity contribution in [1.82, 2.24) is 4.90 Å². The topological polar surface area (TPSA) is 29.5 Å². The molecule has 0 unspecified atom stereocenters. The van der Waals surface area contributed by atoms with Crippen molar-refractivity contribution in [2.24, 2.45) is 0 Å². The monoisotopic (exact) mass is 333 g/mol. The first-order valence-corrected chi connectivity index (χ1v) is 8.58. The Labute approximate surface area is 148 Å². The van der Waals surface area contributed by atoms with Crippen molar-refractivity contribution in [1.29, 1.82) is 0 Å². The lowest BCUT2D eigenvalue weighted by Crippen LogP contribution is -2.39. The lowest BCUT2D eigenvalue weighted by atomic mass is 10.1. The average molecular weight is 333 g/mol. The zero-order valence-electron chi connectivity index (χ0n) is 14.7. The summed E-state index contributed by atoms with van der Waals surface area (Å²) in [5, 5.41) is 2.27. The van der Waals surface area contributed by atoms with Crippen molar-refractivity contribution in [2.45, 2.75) is 26.4 Å². The summed E-state index contributed by atoms with van der Waals surface area (Å²) < 4.78 is 5.75. The third-order valence-corrected chi connectivity index (χ3v) is 4.22. The smallest absolute Gasteiger partial charge is 0.261 e. The number of ether oxygens (including phenoxy) is 1. The zero-order chi connectivity index (χ0) is 17.6. The lowest BCUT2D eigenvalue weighted by Gasteiger charge is -2.27. The molecule has 3 rings (SSSR count). The maximum Gasteiger partial charge on any atom is 0.261 e. The Morgan fingerprint density at radius 2 is 1.60 bits per heavy atom. The van der Waals surface area contributed by atoms with Gasteiger partial charge in [0.25, 0.3) is 5.91 Å². The Balaban J connectivity index is 1.66. The fourth-order valence-electron chi connectivity index (χ4n) is 2.82. The third-order valence-electron chi connectivity index (χ3n) is 4.22. The highest BCUT2D eigenvalue weighted by atomic mass is 16.5. The molecule has 3 nitrogen and oxygen atoms in total. The number of amides is 1. The fourth-order valence-corrected chi connectivity index (χ4v) is 2.82. The molecule has 0 N–H and O–H groups in total. The number of carbonyl (C=O) groups is 1. The van der Waals surface area contributed by atoms with Crippen molar-refractivity contribution in [3.63, 3.8) is 0 Å². The molecule has 25 heavy (non-hydrogen) atoms. The minimum absolute atomic E-state index is 0.00740.